The first-order chi connectivity index (χ1) is 15.8. The third-order valence-corrected chi connectivity index (χ3v) is 8.08. The number of nitrogen functional groups attached to an aromatic ring is 1. The lowest BCUT2D eigenvalue weighted by Crippen LogP contribution is -2.51. The van der Waals surface area contributed by atoms with Crippen molar-refractivity contribution < 1.29 is 14.4 Å². The molecule has 0 bridgehead atoms. The number of nitrogens with one attached hydrogen (secondary N) is 1. The number of carbonyl (C=O) groups is 3. The van der Waals surface area contributed by atoms with Crippen LogP contribution in [0.2, 0.25) is 0 Å². The standard InChI is InChI=1S/C23H23Br2N5O3/c24-17-7-12(8-18(25)20(17)26)21(31)15-9-16(15)22(32)29-5-2-14(3-6-29)30-11-13-10-27-4-1-19(13)28-23(30)33/h1,4,7-8,10,14-16H,2-3,5-6,9,11,26H2,(H,28,33)/t15-,16-/m1/s1. The maximum atomic E-state index is 13.0. The first-order valence-corrected chi connectivity index (χ1v) is 12.5. The Kier molecular flexibility index (Phi) is 5.90. The van der Waals surface area contributed by atoms with Crippen LogP contribution in [0.5, 0.6) is 0 Å². The van der Waals surface area contributed by atoms with Gasteiger partial charge in [0, 0.05) is 63.4 Å². The van der Waals surface area contributed by atoms with Gasteiger partial charge in [0.1, 0.15) is 0 Å². The molecule has 0 radical (unpaired) electrons. The number of nitrogens with two attached hydrogens (primary N) is 1. The van der Waals surface area contributed by atoms with Crippen molar-refractivity contribution in [2.75, 3.05) is 24.1 Å². The first kappa shape index (κ1) is 22.3. The van der Waals surface area contributed by atoms with Gasteiger partial charge in [-0.3, -0.25) is 14.6 Å². The molecule has 10 heteroatoms. The molecule has 3 N–H and O–H groups in total. The highest BCUT2D eigenvalue weighted by molar-refractivity contribution is 9.11. The zero-order valence-corrected chi connectivity index (χ0v) is 20.9. The molecule has 1 saturated heterocycles. The number of pyridine rings is 1. The summed E-state index contributed by atoms with van der Waals surface area (Å²) in [5, 5.41) is 2.93. The molecule has 8 nitrogen and oxygen atoms in total. The number of hydrogen-bond acceptors (Lipinski definition) is 5. The van der Waals surface area contributed by atoms with Gasteiger partial charge in [0.25, 0.3) is 0 Å². The number of ketones is 1. The molecular weight excluding hydrogens is 554 g/mol. The van der Waals surface area contributed by atoms with Crippen LogP contribution in [-0.4, -0.2) is 51.6 Å². The van der Waals surface area contributed by atoms with Crippen molar-refractivity contribution in [1.29, 1.82) is 0 Å². The number of likely N-dealkylation sites (tertiary alicyclic amines) is 1. The Bertz CT molecular complexity index is 1130. The van der Waals surface area contributed by atoms with Gasteiger partial charge in [-0.15, -0.1) is 0 Å². The van der Waals surface area contributed by atoms with E-state index in [1.807, 2.05) is 9.80 Å². The quantitative estimate of drug-likeness (QED) is 0.422. The maximum Gasteiger partial charge on any atom is 0.322 e. The van der Waals surface area contributed by atoms with E-state index in [4.69, 9.17) is 5.73 Å². The monoisotopic (exact) mass is 575 g/mol. The molecule has 3 amide bonds. The zero-order valence-electron chi connectivity index (χ0n) is 17.8. The van der Waals surface area contributed by atoms with E-state index in [2.05, 4.69) is 42.2 Å². The summed E-state index contributed by atoms with van der Waals surface area (Å²) in [6.45, 7) is 1.70. The summed E-state index contributed by atoms with van der Waals surface area (Å²) in [6, 6.07) is 5.20. The summed E-state index contributed by atoms with van der Waals surface area (Å²) in [4.78, 5) is 46.4. The average Bonchev–Trinajstić information content (AvgIpc) is 3.62. The van der Waals surface area contributed by atoms with Crippen LogP contribution in [0.1, 0.15) is 35.2 Å². The molecule has 0 spiro atoms. The van der Waals surface area contributed by atoms with Crippen molar-refractivity contribution in [1.82, 2.24) is 14.8 Å². The second-order valence-electron chi connectivity index (χ2n) is 8.81. The van der Waals surface area contributed by atoms with E-state index in [-0.39, 0.29) is 35.6 Å². The van der Waals surface area contributed by atoms with Crippen LogP contribution in [-0.2, 0) is 11.3 Å². The van der Waals surface area contributed by atoms with E-state index >= 15 is 0 Å². The van der Waals surface area contributed by atoms with Crippen molar-refractivity contribution in [3.8, 4) is 0 Å². The normalized spacial score (nSPS) is 22.5. The minimum atomic E-state index is -0.283. The highest BCUT2D eigenvalue weighted by Gasteiger charge is 2.50. The second kappa shape index (κ2) is 8.72. The van der Waals surface area contributed by atoms with Gasteiger partial charge in [0.15, 0.2) is 5.78 Å². The fourth-order valence-electron chi connectivity index (χ4n) is 4.74. The summed E-state index contributed by atoms with van der Waals surface area (Å²) in [7, 11) is 0. The van der Waals surface area contributed by atoms with Gasteiger partial charge in [-0.2, -0.15) is 0 Å². The number of piperidine rings is 1. The molecule has 3 heterocycles. The van der Waals surface area contributed by atoms with Crippen molar-refractivity contribution in [3.05, 3.63) is 50.7 Å². The van der Waals surface area contributed by atoms with E-state index < -0.39 is 0 Å². The van der Waals surface area contributed by atoms with Gasteiger partial charge in [-0.05, 0) is 69.3 Å². The van der Waals surface area contributed by atoms with Crippen LogP contribution >= 0.6 is 31.9 Å². The molecule has 1 saturated carbocycles. The van der Waals surface area contributed by atoms with Crippen LogP contribution in [0.15, 0.2) is 39.5 Å². The van der Waals surface area contributed by atoms with Crippen molar-refractivity contribution in [2.45, 2.75) is 31.8 Å². The largest absolute Gasteiger partial charge is 0.397 e. The van der Waals surface area contributed by atoms with Crippen molar-refractivity contribution in [2.24, 2.45) is 11.8 Å². The molecule has 172 valence electrons. The third-order valence-electron chi connectivity index (χ3n) is 6.77. The molecule has 1 aliphatic carbocycles. The lowest BCUT2D eigenvalue weighted by Gasteiger charge is -2.40. The number of hydrogen-bond donors (Lipinski definition) is 2. The predicted octanol–water partition coefficient (Wildman–Crippen LogP) is 4.05. The Morgan fingerprint density at radius 1 is 1.12 bits per heavy atom. The summed E-state index contributed by atoms with van der Waals surface area (Å²) < 4.78 is 1.32. The highest BCUT2D eigenvalue weighted by atomic mass is 79.9. The van der Waals surface area contributed by atoms with Crippen LogP contribution in [0.4, 0.5) is 16.2 Å². The summed E-state index contributed by atoms with van der Waals surface area (Å²) in [5.41, 5.74) is 8.81. The van der Waals surface area contributed by atoms with Crippen LogP contribution in [0.25, 0.3) is 0 Å². The molecule has 1 aromatic carbocycles. The SMILES string of the molecule is Nc1c(Br)cc(C(=O)[C@@H]2C[C@H]2C(=O)N2CCC(N3Cc4cnccc4NC3=O)CC2)cc1Br. The number of benzene rings is 1. The molecule has 3 aliphatic rings. The molecule has 33 heavy (non-hydrogen) atoms. The lowest BCUT2D eigenvalue weighted by molar-refractivity contribution is -0.134. The number of amides is 3. The molecule has 2 atom stereocenters. The van der Waals surface area contributed by atoms with E-state index in [0.717, 1.165) is 24.1 Å². The van der Waals surface area contributed by atoms with Gasteiger partial charge in [-0.1, -0.05) is 0 Å². The number of halogens is 2. The van der Waals surface area contributed by atoms with Crippen molar-refractivity contribution >= 4 is 61.0 Å². The van der Waals surface area contributed by atoms with Gasteiger partial charge in [0.2, 0.25) is 5.91 Å². The molecule has 2 aliphatic heterocycles. The molecule has 2 aromatic rings. The first-order valence-electron chi connectivity index (χ1n) is 10.9. The fraction of sp³-hybridized carbons (Fsp3) is 0.391. The van der Waals surface area contributed by atoms with Crippen molar-refractivity contribution in [3.63, 3.8) is 0 Å². The minimum Gasteiger partial charge on any atom is -0.397 e. The van der Waals surface area contributed by atoms with Crippen LogP contribution < -0.4 is 11.1 Å². The Morgan fingerprint density at radius 3 is 2.52 bits per heavy atom. The Morgan fingerprint density at radius 2 is 1.82 bits per heavy atom. The number of rotatable bonds is 4. The third kappa shape index (κ3) is 4.26. The predicted molar refractivity (Wildman–Crippen MR) is 131 cm³/mol. The topological polar surface area (TPSA) is 109 Å². The number of Topliss-reactive ketones (excluding diaryl/α,β-unsaturated/α-hetero) is 1. The van der Waals surface area contributed by atoms with E-state index in [1.165, 1.54) is 0 Å². The minimum absolute atomic E-state index is 0.0260. The summed E-state index contributed by atoms with van der Waals surface area (Å²) in [6.07, 6.45) is 5.47. The zero-order chi connectivity index (χ0) is 23.3. The molecule has 0 unspecified atom stereocenters. The summed E-state index contributed by atoms with van der Waals surface area (Å²) in [5.74, 6) is -0.533. The molecule has 5 rings (SSSR count). The number of anilines is 2. The Labute approximate surface area is 208 Å². The number of fused-ring (bicyclic) bond motifs is 1. The lowest BCUT2D eigenvalue weighted by atomic mass is 10.0. The molecular formula is C23H23Br2N5O3. The number of carbonyl (C=O) groups excluding carboxylic acids is 3. The maximum absolute atomic E-state index is 13.0. The van der Waals surface area contributed by atoms with Gasteiger partial charge >= 0.3 is 6.03 Å². The van der Waals surface area contributed by atoms with Crippen LogP contribution in [0, 0.1) is 11.8 Å². The Hall–Kier alpha value is -2.46. The van der Waals surface area contributed by atoms with E-state index in [0.29, 0.717) is 46.3 Å². The van der Waals surface area contributed by atoms with E-state index in [9.17, 15) is 14.4 Å². The van der Waals surface area contributed by atoms with Crippen LogP contribution in [0.3, 0.4) is 0 Å². The highest BCUT2D eigenvalue weighted by Crippen LogP contribution is 2.44. The molecule has 1 aromatic heterocycles. The fourth-order valence-corrected chi connectivity index (χ4v) is 5.93. The number of nitrogens with zero attached hydrogens (tertiary/aromatic N) is 3. The second-order valence-corrected chi connectivity index (χ2v) is 10.5. The average molecular weight is 577 g/mol. The number of aromatic nitrogens is 1. The van der Waals surface area contributed by atoms with Gasteiger partial charge < -0.3 is 20.9 Å². The van der Waals surface area contributed by atoms with E-state index in [1.54, 1.807) is 30.6 Å². The van der Waals surface area contributed by atoms with Gasteiger partial charge in [0.05, 0.1) is 17.9 Å². The molecule has 2 fully saturated rings. The Balaban J connectivity index is 1.17. The summed E-state index contributed by atoms with van der Waals surface area (Å²) >= 11 is 6.75. The smallest absolute Gasteiger partial charge is 0.322 e. The van der Waals surface area contributed by atoms with Gasteiger partial charge in [-0.25, -0.2) is 4.79 Å². The number of urea groups is 1.